The molecule has 0 aromatic carbocycles. The predicted molar refractivity (Wildman–Crippen MR) is 64.4 cm³/mol. The number of piperidine rings is 1. The molecule has 1 saturated heterocycles. The number of nitrogens with one attached hydrogen (secondary N) is 1. The second-order valence-corrected chi connectivity index (χ2v) is 5.24. The van der Waals surface area contributed by atoms with Crippen LogP contribution < -0.4 is 5.43 Å². The van der Waals surface area contributed by atoms with Gasteiger partial charge in [-0.1, -0.05) is 26.2 Å². The van der Waals surface area contributed by atoms with E-state index >= 15 is 0 Å². The van der Waals surface area contributed by atoms with Gasteiger partial charge in [-0.3, -0.25) is 10.2 Å². The molecular weight excluding hydrogens is 200 g/mol. The molecule has 1 heterocycles. The van der Waals surface area contributed by atoms with Crippen LogP contribution in [0.4, 0.5) is 0 Å². The van der Waals surface area contributed by atoms with Crippen molar-refractivity contribution in [2.24, 2.45) is 11.8 Å². The van der Waals surface area contributed by atoms with Crippen LogP contribution in [0.5, 0.6) is 0 Å². The molecule has 1 amide bonds. The quantitative estimate of drug-likeness (QED) is 0.778. The number of nitrogens with zero attached hydrogens (tertiary/aromatic N) is 1. The molecule has 1 radical (unpaired) electrons. The standard InChI is InChI=1S/C13H23N2O/c1-11-7-9-15(10-8-11)14-13(16)12-5-3-2-4-6-12/h11-12H,1-10H2,(H,14,16). The number of amides is 1. The smallest absolute Gasteiger partial charge is 0.237 e. The van der Waals surface area contributed by atoms with Crippen LogP contribution in [-0.2, 0) is 4.79 Å². The first-order chi connectivity index (χ1) is 7.75. The Balaban J connectivity index is 1.73. The Kier molecular flexibility index (Phi) is 4.22. The lowest BCUT2D eigenvalue weighted by Crippen LogP contribution is -2.48. The highest BCUT2D eigenvalue weighted by Gasteiger charge is 2.24. The molecule has 16 heavy (non-hydrogen) atoms. The lowest BCUT2D eigenvalue weighted by Gasteiger charge is -2.32. The molecule has 2 rings (SSSR count). The zero-order valence-electron chi connectivity index (χ0n) is 10.1. The number of carbonyl (C=O) groups is 1. The maximum absolute atomic E-state index is 12.0. The molecule has 2 aliphatic rings. The van der Waals surface area contributed by atoms with Gasteiger partial charge in [0.05, 0.1) is 0 Å². The fraction of sp³-hybridized carbons (Fsp3) is 0.846. The van der Waals surface area contributed by atoms with Crippen molar-refractivity contribution in [3.8, 4) is 0 Å². The summed E-state index contributed by atoms with van der Waals surface area (Å²) < 4.78 is 0. The summed E-state index contributed by atoms with van der Waals surface area (Å²) in [7, 11) is 0. The second kappa shape index (κ2) is 5.67. The van der Waals surface area contributed by atoms with Gasteiger partial charge in [-0.05, 0) is 31.6 Å². The Morgan fingerprint density at radius 3 is 2.31 bits per heavy atom. The summed E-state index contributed by atoms with van der Waals surface area (Å²) in [6, 6.07) is 0. The van der Waals surface area contributed by atoms with E-state index in [1.165, 1.54) is 19.3 Å². The Morgan fingerprint density at radius 1 is 1.06 bits per heavy atom. The number of hydrogen-bond donors (Lipinski definition) is 1. The predicted octanol–water partition coefficient (Wildman–Crippen LogP) is 2.14. The average Bonchev–Trinajstić information content (AvgIpc) is 2.33. The van der Waals surface area contributed by atoms with Crippen LogP contribution in [0.15, 0.2) is 0 Å². The Labute approximate surface area is 98.5 Å². The lowest BCUT2D eigenvalue weighted by molar-refractivity contribution is -0.131. The summed E-state index contributed by atoms with van der Waals surface area (Å²) >= 11 is 0. The minimum absolute atomic E-state index is 0.252. The van der Waals surface area contributed by atoms with Gasteiger partial charge >= 0.3 is 0 Å². The fourth-order valence-electron chi connectivity index (χ4n) is 2.66. The molecule has 0 aromatic rings. The molecule has 1 saturated carbocycles. The van der Waals surface area contributed by atoms with E-state index in [1.807, 2.05) is 0 Å². The zero-order chi connectivity index (χ0) is 11.4. The zero-order valence-corrected chi connectivity index (χ0v) is 10.1. The number of hydrogen-bond acceptors (Lipinski definition) is 2. The highest BCUT2D eigenvalue weighted by molar-refractivity contribution is 5.78. The second-order valence-electron chi connectivity index (χ2n) is 5.24. The molecule has 1 N–H and O–H groups in total. The largest absolute Gasteiger partial charge is 0.289 e. The Morgan fingerprint density at radius 2 is 1.69 bits per heavy atom. The van der Waals surface area contributed by atoms with Crippen molar-refractivity contribution >= 4 is 5.91 Å². The van der Waals surface area contributed by atoms with Crippen LogP contribution in [-0.4, -0.2) is 24.0 Å². The summed E-state index contributed by atoms with van der Waals surface area (Å²) in [4.78, 5) is 12.0. The molecule has 0 aromatic heterocycles. The molecular formula is C13H23N2O. The van der Waals surface area contributed by atoms with Gasteiger partial charge in [-0.25, -0.2) is 5.01 Å². The van der Waals surface area contributed by atoms with E-state index in [0.717, 1.165) is 38.8 Å². The first kappa shape index (κ1) is 11.9. The van der Waals surface area contributed by atoms with Crippen LogP contribution >= 0.6 is 0 Å². The average molecular weight is 223 g/mol. The van der Waals surface area contributed by atoms with Gasteiger partial charge in [0.2, 0.25) is 5.91 Å². The summed E-state index contributed by atoms with van der Waals surface area (Å²) in [6.07, 6.45) is 8.11. The van der Waals surface area contributed by atoms with E-state index in [4.69, 9.17) is 0 Å². The molecule has 0 atom stereocenters. The van der Waals surface area contributed by atoms with Gasteiger partial charge in [0.1, 0.15) is 0 Å². The maximum Gasteiger partial charge on any atom is 0.237 e. The molecule has 3 nitrogen and oxygen atoms in total. The normalized spacial score (nSPS) is 25.6. The van der Waals surface area contributed by atoms with Crippen LogP contribution in [0.3, 0.4) is 0 Å². The summed E-state index contributed by atoms with van der Waals surface area (Å²) in [5.41, 5.74) is 3.08. The minimum atomic E-state index is 0.252. The molecule has 1 aliphatic heterocycles. The maximum atomic E-state index is 12.0. The van der Waals surface area contributed by atoms with Crippen LogP contribution in [0.25, 0.3) is 0 Å². The van der Waals surface area contributed by atoms with Crippen molar-refractivity contribution in [3.05, 3.63) is 6.92 Å². The Bertz CT molecular complexity index is 228. The molecule has 3 heteroatoms. The SMILES string of the molecule is [CH2]C1CCN(NC(=O)C2CCCCC2)CC1. The van der Waals surface area contributed by atoms with Crippen molar-refractivity contribution in [2.45, 2.75) is 44.9 Å². The van der Waals surface area contributed by atoms with Crippen molar-refractivity contribution in [3.63, 3.8) is 0 Å². The van der Waals surface area contributed by atoms with E-state index in [0.29, 0.717) is 5.92 Å². The van der Waals surface area contributed by atoms with Gasteiger partial charge in [-0.2, -0.15) is 0 Å². The van der Waals surface area contributed by atoms with Gasteiger partial charge in [0.25, 0.3) is 0 Å². The third-order valence-corrected chi connectivity index (χ3v) is 3.86. The number of rotatable bonds is 2. The van der Waals surface area contributed by atoms with Gasteiger partial charge in [0, 0.05) is 19.0 Å². The first-order valence-corrected chi connectivity index (χ1v) is 6.64. The van der Waals surface area contributed by atoms with E-state index in [2.05, 4.69) is 17.4 Å². The Hall–Kier alpha value is -0.570. The van der Waals surface area contributed by atoms with Crippen molar-refractivity contribution in [1.82, 2.24) is 10.4 Å². The van der Waals surface area contributed by atoms with Gasteiger partial charge in [0.15, 0.2) is 0 Å². The highest BCUT2D eigenvalue weighted by atomic mass is 16.2. The summed E-state index contributed by atoms with van der Waals surface area (Å²) in [5, 5.41) is 2.08. The van der Waals surface area contributed by atoms with Crippen molar-refractivity contribution in [2.75, 3.05) is 13.1 Å². The monoisotopic (exact) mass is 223 g/mol. The fourth-order valence-corrected chi connectivity index (χ4v) is 2.66. The summed E-state index contributed by atoms with van der Waals surface area (Å²) in [6.45, 7) is 5.99. The topological polar surface area (TPSA) is 32.3 Å². The molecule has 0 spiro atoms. The van der Waals surface area contributed by atoms with E-state index in [1.54, 1.807) is 0 Å². The molecule has 0 unspecified atom stereocenters. The van der Waals surface area contributed by atoms with E-state index in [9.17, 15) is 4.79 Å². The van der Waals surface area contributed by atoms with E-state index in [-0.39, 0.29) is 11.8 Å². The van der Waals surface area contributed by atoms with Crippen molar-refractivity contribution < 1.29 is 4.79 Å². The third kappa shape index (κ3) is 3.21. The van der Waals surface area contributed by atoms with Crippen LogP contribution in [0.1, 0.15) is 44.9 Å². The molecule has 2 fully saturated rings. The van der Waals surface area contributed by atoms with Gasteiger partial charge < -0.3 is 0 Å². The minimum Gasteiger partial charge on any atom is -0.289 e. The molecule has 91 valence electrons. The lowest BCUT2D eigenvalue weighted by atomic mass is 9.89. The molecule has 1 aliphatic carbocycles. The van der Waals surface area contributed by atoms with Gasteiger partial charge in [-0.15, -0.1) is 0 Å². The van der Waals surface area contributed by atoms with Crippen molar-refractivity contribution in [1.29, 1.82) is 0 Å². The molecule has 0 bridgehead atoms. The summed E-state index contributed by atoms with van der Waals surface area (Å²) in [5.74, 6) is 1.09. The highest BCUT2D eigenvalue weighted by Crippen LogP contribution is 2.24. The van der Waals surface area contributed by atoms with Crippen LogP contribution in [0.2, 0.25) is 0 Å². The number of hydrazine groups is 1. The van der Waals surface area contributed by atoms with E-state index < -0.39 is 0 Å². The van der Waals surface area contributed by atoms with Crippen LogP contribution in [0, 0.1) is 18.8 Å². The first-order valence-electron chi connectivity index (χ1n) is 6.64. The number of carbonyl (C=O) groups excluding carboxylic acids is 1. The third-order valence-electron chi connectivity index (χ3n) is 3.86.